The van der Waals surface area contributed by atoms with Crippen LogP contribution in [0.2, 0.25) is 0 Å². The van der Waals surface area contributed by atoms with Gasteiger partial charge in [-0.05, 0) is 31.0 Å². The van der Waals surface area contributed by atoms with Gasteiger partial charge in [0.15, 0.2) is 0 Å². The first kappa shape index (κ1) is 13.0. The van der Waals surface area contributed by atoms with E-state index in [1.165, 1.54) is 0 Å². The summed E-state index contributed by atoms with van der Waals surface area (Å²) in [5.74, 6) is 0.0207. The highest BCUT2D eigenvalue weighted by molar-refractivity contribution is 9.10. The van der Waals surface area contributed by atoms with Gasteiger partial charge < -0.3 is 10.6 Å². The van der Waals surface area contributed by atoms with Crippen molar-refractivity contribution < 1.29 is 4.79 Å². The lowest BCUT2D eigenvalue weighted by Crippen LogP contribution is -2.28. The number of amides is 1. The molecule has 0 bridgehead atoms. The Balaban J connectivity index is 3.08. The van der Waals surface area contributed by atoms with E-state index in [4.69, 9.17) is 5.73 Å². The number of anilines is 1. The maximum absolute atomic E-state index is 12.1. The summed E-state index contributed by atoms with van der Waals surface area (Å²) < 4.78 is 0.837. The summed E-state index contributed by atoms with van der Waals surface area (Å²) >= 11 is 3.35. The van der Waals surface area contributed by atoms with Crippen LogP contribution in [-0.2, 0) is 0 Å². The molecule has 88 valence electrons. The number of nitrogens with two attached hydrogens (primary N) is 1. The van der Waals surface area contributed by atoms with Gasteiger partial charge in [-0.25, -0.2) is 0 Å². The second-order valence-electron chi connectivity index (χ2n) is 3.89. The summed E-state index contributed by atoms with van der Waals surface area (Å²) in [5.41, 5.74) is 7.99. The number of rotatable bonds is 3. The second kappa shape index (κ2) is 5.34. The van der Waals surface area contributed by atoms with E-state index in [-0.39, 0.29) is 5.91 Å². The standard InChI is InChI=1S/C12H17BrN2O/c1-4-5-15(3)12(16)10-6-9(13)7-11(14)8(10)2/h6-7H,4-5,14H2,1-3H3. The minimum atomic E-state index is 0.0207. The van der Waals surface area contributed by atoms with Crippen molar-refractivity contribution in [3.8, 4) is 0 Å². The average molecular weight is 285 g/mol. The lowest BCUT2D eigenvalue weighted by molar-refractivity contribution is 0.0794. The van der Waals surface area contributed by atoms with Crippen LogP contribution in [0.1, 0.15) is 29.3 Å². The number of nitrogen functional groups attached to an aromatic ring is 1. The normalized spacial score (nSPS) is 10.2. The molecule has 0 unspecified atom stereocenters. The van der Waals surface area contributed by atoms with Gasteiger partial charge in [-0.2, -0.15) is 0 Å². The van der Waals surface area contributed by atoms with Crippen molar-refractivity contribution in [2.24, 2.45) is 0 Å². The van der Waals surface area contributed by atoms with E-state index < -0.39 is 0 Å². The molecule has 0 aliphatic rings. The number of hydrogen-bond acceptors (Lipinski definition) is 2. The van der Waals surface area contributed by atoms with Crippen molar-refractivity contribution >= 4 is 27.5 Å². The van der Waals surface area contributed by atoms with E-state index in [9.17, 15) is 4.79 Å². The smallest absolute Gasteiger partial charge is 0.253 e. The molecule has 4 heteroatoms. The van der Waals surface area contributed by atoms with E-state index in [0.717, 1.165) is 23.0 Å². The van der Waals surface area contributed by atoms with Gasteiger partial charge in [0, 0.05) is 29.3 Å². The number of hydrogen-bond donors (Lipinski definition) is 1. The Kier molecular flexibility index (Phi) is 4.35. The van der Waals surface area contributed by atoms with E-state index >= 15 is 0 Å². The van der Waals surface area contributed by atoms with Crippen molar-refractivity contribution in [1.29, 1.82) is 0 Å². The third-order valence-electron chi connectivity index (χ3n) is 2.55. The molecule has 0 radical (unpaired) electrons. The fraction of sp³-hybridized carbons (Fsp3) is 0.417. The molecule has 0 aromatic heterocycles. The molecule has 0 fully saturated rings. The molecule has 0 saturated carbocycles. The first-order chi connectivity index (χ1) is 7.47. The average Bonchev–Trinajstić information content (AvgIpc) is 2.22. The van der Waals surface area contributed by atoms with Crippen molar-refractivity contribution in [3.05, 3.63) is 27.7 Å². The van der Waals surface area contributed by atoms with Crippen molar-refractivity contribution in [1.82, 2.24) is 4.90 Å². The highest BCUT2D eigenvalue weighted by Crippen LogP contribution is 2.23. The lowest BCUT2D eigenvalue weighted by Gasteiger charge is -2.18. The molecule has 1 aromatic carbocycles. The SMILES string of the molecule is CCCN(C)C(=O)c1cc(Br)cc(N)c1C. The molecule has 0 heterocycles. The minimum Gasteiger partial charge on any atom is -0.398 e. The van der Waals surface area contributed by atoms with E-state index in [1.54, 1.807) is 4.90 Å². The Morgan fingerprint density at radius 2 is 2.12 bits per heavy atom. The second-order valence-corrected chi connectivity index (χ2v) is 4.81. The summed E-state index contributed by atoms with van der Waals surface area (Å²) in [5, 5.41) is 0. The maximum atomic E-state index is 12.1. The Morgan fingerprint density at radius 1 is 1.50 bits per heavy atom. The van der Waals surface area contributed by atoms with Gasteiger partial charge in [0.2, 0.25) is 0 Å². The monoisotopic (exact) mass is 284 g/mol. The number of carbonyl (C=O) groups is 1. The van der Waals surface area contributed by atoms with Crippen LogP contribution in [0, 0.1) is 6.92 Å². The van der Waals surface area contributed by atoms with Gasteiger partial charge in [0.05, 0.1) is 0 Å². The highest BCUT2D eigenvalue weighted by atomic mass is 79.9. The zero-order chi connectivity index (χ0) is 12.3. The topological polar surface area (TPSA) is 46.3 Å². The zero-order valence-corrected chi connectivity index (χ0v) is 11.5. The Labute approximate surface area is 105 Å². The lowest BCUT2D eigenvalue weighted by atomic mass is 10.1. The number of halogens is 1. The molecule has 3 nitrogen and oxygen atoms in total. The van der Waals surface area contributed by atoms with Crippen LogP contribution in [0.5, 0.6) is 0 Å². The van der Waals surface area contributed by atoms with Crippen molar-refractivity contribution in [2.75, 3.05) is 19.3 Å². The molecule has 2 N–H and O–H groups in total. The zero-order valence-electron chi connectivity index (χ0n) is 9.88. The Hall–Kier alpha value is -1.03. The molecule has 1 amide bonds. The molecule has 0 saturated heterocycles. The van der Waals surface area contributed by atoms with Gasteiger partial charge in [-0.1, -0.05) is 22.9 Å². The fourth-order valence-electron chi connectivity index (χ4n) is 1.56. The molecular formula is C12H17BrN2O. The summed E-state index contributed by atoms with van der Waals surface area (Å²) in [4.78, 5) is 13.8. The molecular weight excluding hydrogens is 268 g/mol. The van der Waals surface area contributed by atoms with E-state index in [1.807, 2.05) is 33.0 Å². The Morgan fingerprint density at radius 3 is 2.69 bits per heavy atom. The largest absolute Gasteiger partial charge is 0.398 e. The summed E-state index contributed by atoms with van der Waals surface area (Å²) in [6.07, 6.45) is 0.949. The Bertz CT molecular complexity index is 404. The van der Waals surface area contributed by atoms with E-state index in [2.05, 4.69) is 15.9 Å². The van der Waals surface area contributed by atoms with Crippen LogP contribution < -0.4 is 5.73 Å². The summed E-state index contributed by atoms with van der Waals surface area (Å²) in [7, 11) is 1.81. The molecule has 0 spiro atoms. The number of nitrogens with zero attached hydrogens (tertiary/aromatic N) is 1. The molecule has 0 aliphatic heterocycles. The highest BCUT2D eigenvalue weighted by Gasteiger charge is 2.15. The van der Waals surface area contributed by atoms with Crippen molar-refractivity contribution in [2.45, 2.75) is 20.3 Å². The molecule has 1 rings (SSSR count). The van der Waals surface area contributed by atoms with Gasteiger partial charge in [-0.15, -0.1) is 0 Å². The number of benzene rings is 1. The maximum Gasteiger partial charge on any atom is 0.253 e. The van der Waals surface area contributed by atoms with Crippen LogP contribution in [0.3, 0.4) is 0 Å². The van der Waals surface area contributed by atoms with Crippen LogP contribution in [0.15, 0.2) is 16.6 Å². The van der Waals surface area contributed by atoms with Crippen LogP contribution >= 0.6 is 15.9 Å². The van der Waals surface area contributed by atoms with Gasteiger partial charge in [0.25, 0.3) is 5.91 Å². The fourth-order valence-corrected chi connectivity index (χ4v) is 2.04. The summed E-state index contributed by atoms with van der Waals surface area (Å²) in [6, 6.07) is 3.63. The quantitative estimate of drug-likeness (QED) is 0.868. The van der Waals surface area contributed by atoms with Crippen LogP contribution in [0.4, 0.5) is 5.69 Å². The van der Waals surface area contributed by atoms with Crippen molar-refractivity contribution in [3.63, 3.8) is 0 Å². The molecule has 1 aromatic rings. The molecule has 0 atom stereocenters. The van der Waals surface area contributed by atoms with Crippen LogP contribution in [0.25, 0.3) is 0 Å². The molecule has 0 aliphatic carbocycles. The van der Waals surface area contributed by atoms with Gasteiger partial charge >= 0.3 is 0 Å². The van der Waals surface area contributed by atoms with Crippen LogP contribution in [-0.4, -0.2) is 24.4 Å². The van der Waals surface area contributed by atoms with Gasteiger partial charge in [0.1, 0.15) is 0 Å². The predicted molar refractivity (Wildman–Crippen MR) is 70.5 cm³/mol. The minimum absolute atomic E-state index is 0.0207. The summed E-state index contributed by atoms with van der Waals surface area (Å²) in [6.45, 7) is 4.67. The van der Waals surface area contributed by atoms with E-state index in [0.29, 0.717) is 11.3 Å². The predicted octanol–water partition coefficient (Wildman–Crippen LogP) is 2.82. The third-order valence-corrected chi connectivity index (χ3v) is 3.01. The third kappa shape index (κ3) is 2.76. The first-order valence-corrected chi connectivity index (χ1v) is 6.07. The molecule has 16 heavy (non-hydrogen) atoms. The van der Waals surface area contributed by atoms with Gasteiger partial charge in [-0.3, -0.25) is 4.79 Å². The first-order valence-electron chi connectivity index (χ1n) is 5.28. The number of carbonyl (C=O) groups excluding carboxylic acids is 1.